The standard InChI is InChI=1S/C8H16O2S/c1-5-6-11-8(2,3)7(9)10-4/h5-6H2,1-4H3. The first-order valence-corrected chi connectivity index (χ1v) is 4.75. The van der Waals surface area contributed by atoms with Crippen LogP contribution >= 0.6 is 11.8 Å². The number of ether oxygens (including phenoxy) is 1. The van der Waals surface area contributed by atoms with Gasteiger partial charge in [0.25, 0.3) is 0 Å². The van der Waals surface area contributed by atoms with Crippen LogP contribution in [0, 0.1) is 0 Å². The lowest BCUT2D eigenvalue weighted by Gasteiger charge is -2.19. The molecule has 0 fully saturated rings. The molecule has 11 heavy (non-hydrogen) atoms. The third kappa shape index (κ3) is 3.65. The molecule has 0 aromatic rings. The number of methoxy groups -OCH3 is 1. The minimum atomic E-state index is -0.384. The van der Waals surface area contributed by atoms with E-state index in [0.717, 1.165) is 12.2 Å². The maximum Gasteiger partial charge on any atom is 0.321 e. The van der Waals surface area contributed by atoms with E-state index in [1.54, 1.807) is 11.8 Å². The monoisotopic (exact) mass is 176 g/mol. The van der Waals surface area contributed by atoms with E-state index in [1.165, 1.54) is 7.11 Å². The van der Waals surface area contributed by atoms with Crippen LogP contribution in [0.2, 0.25) is 0 Å². The summed E-state index contributed by atoms with van der Waals surface area (Å²) >= 11 is 1.64. The summed E-state index contributed by atoms with van der Waals surface area (Å²) in [5.41, 5.74) is 0. The van der Waals surface area contributed by atoms with Crippen LogP contribution < -0.4 is 0 Å². The van der Waals surface area contributed by atoms with Crippen molar-refractivity contribution in [1.82, 2.24) is 0 Å². The smallest absolute Gasteiger partial charge is 0.321 e. The van der Waals surface area contributed by atoms with E-state index in [-0.39, 0.29) is 10.7 Å². The van der Waals surface area contributed by atoms with Crippen LogP contribution in [0.15, 0.2) is 0 Å². The van der Waals surface area contributed by atoms with Crippen molar-refractivity contribution in [2.45, 2.75) is 31.9 Å². The average Bonchev–Trinajstić information content (AvgIpc) is 1.99. The lowest BCUT2D eigenvalue weighted by Crippen LogP contribution is -2.29. The second-order valence-electron chi connectivity index (χ2n) is 2.85. The molecule has 0 saturated heterocycles. The number of rotatable bonds is 4. The molecule has 0 aliphatic heterocycles. The van der Waals surface area contributed by atoms with Gasteiger partial charge < -0.3 is 4.74 Å². The molecule has 0 radical (unpaired) electrons. The molecule has 0 aliphatic rings. The highest BCUT2D eigenvalue weighted by Crippen LogP contribution is 2.25. The predicted molar refractivity (Wildman–Crippen MR) is 48.8 cm³/mol. The van der Waals surface area contributed by atoms with Crippen molar-refractivity contribution >= 4 is 17.7 Å². The summed E-state index contributed by atoms with van der Waals surface area (Å²) in [6, 6.07) is 0. The molecule has 0 rings (SSSR count). The first-order valence-electron chi connectivity index (χ1n) is 3.77. The van der Waals surface area contributed by atoms with Crippen LogP contribution in [-0.2, 0) is 9.53 Å². The SMILES string of the molecule is CCCSC(C)(C)C(=O)OC. The zero-order chi connectivity index (χ0) is 8.91. The summed E-state index contributed by atoms with van der Waals surface area (Å²) in [4.78, 5) is 11.1. The summed E-state index contributed by atoms with van der Waals surface area (Å²) in [5, 5.41) is 0. The Kier molecular flexibility index (Phi) is 4.57. The third-order valence-corrected chi connectivity index (χ3v) is 2.84. The van der Waals surface area contributed by atoms with Crippen LogP contribution in [-0.4, -0.2) is 23.6 Å². The summed E-state index contributed by atoms with van der Waals surface area (Å²) in [6.45, 7) is 5.87. The number of hydrogen-bond donors (Lipinski definition) is 0. The van der Waals surface area contributed by atoms with Gasteiger partial charge in [0.05, 0.1) is 7.11 Å². The molecule has 0 spiro atoms. The highest BCUT2D eigenvalue weighted by Gasteiger charge is 2.28. The highest BCUT2D eigenvalue weighted by atomic mass is 32.2. The van der Waals surface area contributed by atoms with Crippen molar-refractivity contribution in [2.75, 3.05) is 12.9 Å². The molecule has 3 heteroatoms. The molecule has 66 valence electrons. The van der Waals surface area contributed by atoms with Gasteiger partial charge in [0.1, 0.15) is 4.75 Å². The Morgan fingerprint density at radius 3 is 2.45 bits per heavy atom. The highest BCUT2D eigenvalue weighted by molar-refractivity contribution is 8.01. The quantitative estimate of drug-likeness (QED) is 0.613. The molecule has 0 N–H and O–H groups in total. The molecule has 0 heterocycles. The Morgan fingerprint density at radius 1 is 1.55 bits per heavy atom. The zero-order valence-corrected chi connectivity index (χ0v) is 8.46. The normalized spacial score (nSPS) is 11.3. The number of thioether (sulfide) groups is 1. The first-order chi connectivity index (χ1) is 5.04. The van der Waals surface area contributed by atoms with E-state index in [1.807, 2.05) is 13.8 Å². The Hall–Kier alpha value is -0.180. The summed E-state index contributed by atoms with van der Waals surface area (Å²) in [5.74, 6) is 0.859. The molecule has 0 saturated carbocycles. The maximum absolute atomic E-state index is 11.1. The van der Waals surface area contributed by atoms with Crippen molar-refractivity contribution in [3.05, 3.63) is 0 Å². The van der Waals surface area contributed by atoms with E-state index in [4.69, 9.17) is 0 Å². The Balaban J connectivity index is 3.88. The minimum absolute atomic E-state index is 0.143. The van der Waals surface area contributed by atoms with Gasteiger partial charge in [-0.3, -0.25) is 4.79 Å². The average molecular weight is 176 g/mol. The fourth-order valence-electron chi connectivity index (χ4n) is 0.662. The second kappa shape index (κ2) is 4.65. The maximum atomic E-state index is 11.1. The van der Waals surface area contributed by atoms with Gasteiger partial charge in [0.2, 0.25) is 0 Å². The van der Waals surface area contributed by atoms with Gasteiger partial charge >= 0.3 is 5.97 Å². The molecule has 0 amide bonds. The van der Waals surface area contributed by atoms with Gasteiger partial charge in [-0.1, -0.05) is 6.92 Å². The second-order valence-corrected chi connectivity index (χ2v) is 4.57. The predicted octanol–water partition coefficient (Wildman–Crippen LogP) is 2.08. The molecule has 0 aromatic carbocycles. The zero-order valence-electron chi connectivity index (χ0n) is 7.64. The topological polar surface area (TPSA) is 26.3 Å². The lowest BCUT2D eigenvalue weighted by molar-refractivity contribution is -0.142. The van der Waals surface area contributed by atoms with Crippen molar-refractivity contribution in [1.29, 1.82) is 0 Å². The summed E-state index contributed by atoms with van der Waals surface area (Å²) in [7, 11) is 1.43. The lowest BCUT2D eigenvalue weighted by atomic mass is 10.2. The molecule has 0 atom stereocenters. The van der Waals surface area contributed by atoms with E-state index < -0.39 is 0 Å². The van der Waals surface area contributed by atoms with Crippen molar-refractivity contribution in [3.63, 3.8) is 0 Å². The van der Waals surface area contributed by atoms with Crippen LogP contribution in [0.3, 0.4) is 0 Å². The molecule has 0 bridgehead atoms. The summed E-state index contributed by atoms with van der Waals surface area (Å²) < 4.78 is 4.27. The summed E-state index contributed by atoms with van der Waals surface area (Å²) in [6.07, 6.45) is 1.09. The van der Waals surface area contributed by atoms with E-state index >= 15 is 0 Å². The Morgan fingerprint density at radius 2 is 2.09 bits per heavy atom. The third-order valence-electron chi connectivity index (χ3n) is 1.34. The van der Waals surface area contributed by atoms with Crippen molar-refractivity contribution < 1.29 is 9.53 Å². The van der Waals surface area contributed by atoms with Crippen molar-refractivity contribution in [3.8, 4) is 0 Å². The van der Waals surface area contributed by atoms with Crippen LogP contribution in [0.25, 0.3) is 0 Å². The van der Waals surface area contributed by atoms with Gasteiger partial charge in [-0.15, -0.1) is 11.8 Å². The van der Waals surface area contributed by atoms with Gasteiger partial charge in [-0.25, -0.2) is 0 Å². The first kappa shape index (κ1) is 10.8. The number of carbonyl (C=O) groups excluding carboxylic acids is 1. The molecule has 2 nitrogen and oxygen atoms in total. The van der Waals surface area contributed by atoms with Crippen molar-refractivity contribution in [2.24, 2.45) is 0 Å². The van der Waals surface area contributed by atoms with E-state index in [2.05, 4.69) is 11.7 Å². The van der Waals surface area contributed by atoms with E-state index in [9.17, 15) is 4.79 Å². The fraction of sp³-hybridized carbons (Fsp3) is 0.875. The van der Waals surface area contributed by atoms with Gasteiger partial charge in [-0.05, 0) is 26.0 Å². The Bertz CT molecular complexity index is 132. The number of esters is 1. The van der Waals surface area contributed by atoms with Gasteiger partial charge in [0, 0.05) is 0 Å². The van der Waals surface area contributed by atoms with Gasteiger partial charge in [-0.2, -0.15) is 0 Å². The molecular weight excluding hydrogens is 160 g/mol. The number of hydrogen-bond acceptors (Lipinski definition) is 3. The van der Waals surface area contributed by atoms with Crippen LogP contribution in [0.4, 0.5) is 0 Å². The molecule has 0 aromatic heterocycles. The van der Waals surface area contributed by atoms with Crippen LogP contribution in [0.5, 0.6) is 0 Å². The molecule has 0 unspecified atom stereocenters. The minimum Gasteiger partial charge on any atom is -0.468 e. The van der Waals surface area contributed by atoms with E-state index in [0.29, 0.717) is 0 Å². The Labute approximate surface area is 72.7 Å². The van der Waals surface area contributed by atoms with Gasteiger partial charge in [0.15, 0.2) is 0 Å². The largest absolute Gasteiger partial charge is 0.468 e. The number of carbonyl (C=O) groups is 1. The fourth-order valence-corrected chi connectivity index (χ4v) is 1.58. The molecule has 0 aliphatic carbocycles. The molecular formula is C8H16O2S. The van der Waals surface area contributed by atoms with Crippen LogP contribution in [0.1, 0.15) is 27.2 Å².